The van der Waals surface area contributed by atoms with Gasteiger partial charge in [-0.2, -0.15) is 0 Å². The average molecular weight is 339 g/mol. The van der Waals surface area contributed by atoms with Crippen molar-refractivity contribution in [3.8, 4) is 0 Å². The molecule has 1 heteroatoms. The van der Waals surface area contributed by atoms with Crippen LogP contribution in [0.1, 0.15) is 76.7 Å². The van der Waals surface area contributed by atoms with E-state index in [1.165, 1.54) is 75.1 Å². The van der Waals surface area contributed by atoms with Gasteiger partial charge in [0.25, 0.3) is 0 Å². The molecule has 0 aliphatic heterocycles. The van der Waals surface area contributed by atoms with Crippen LogP contribution in [-0.4, -0.2) is 15.0 Å². The van der Waals surface area contributed by atoms with E-state index in [1.807, 2.05) is 0 Å². The van der Waals surface area contributed by atoms with Gasteiger partial charge in [-0.3, -0.25) is 0 Å². The second-order valence-corrected chi connectivity index (χ2v) is 8.29. The van der Waals surface area contributed by atoms with Gasteiger partial charge in [-0.1, -0.05) is 0 Å². The average Bonchev–Trinajstić information content (AvgIpc) is 2.47. The molecule has 0 aromatic heterocycles. The zero-order chi connectivity index (χ0) is 14.5. The molecule has 1 aromatic carbocycles. The van der Waals surface area contributed by atoms with E-state index in [0.29, 0.717) is 15.0 Å². The van der Waals surface area contributed by atoms with Crippen molar-refractivity contribution in [1.29, 1.82) is 0 Å². The van der Waals surface area contributed by atoms with E-state index in [-0.39, 0.29) is 0 Å². The van der Waals surface area contributed by atoms with Gasteiger partial charge in [0.1, 0.15) is 0 Å². The Hall–Kier alpha value is -0.261. The molecule has 0 fully saturated rings. The fourth-order valence-corrected chi connectivity index (χ4v) is 4.33. The Morgan fingerprint density at radius 2 is 1.20 bits per heavy atom. The molecule has 1 rings (SSSR count). The van der Waals surface area contributed by atoms with Gasteiger partial charge in [0.15, 0.2) is 0 Å². The predicted molar refractivity (Wildman–Crippen MR) is 93.2 cm³/mol. The van der Waals surface area contributed by atoms with Crippen molar-refractivity contribution >= 4 is 19.4 Å². The number of rotatable bonds is 12. The van der Waals surface area contributed by atoms with E-state index in [1.54, 1.807) is 4.46 Å². The van der Waals surface area contributed by atoms with E-state index in [4.69, 9.17) is 0 Å². The van der Waals surface area contributed by atoms with Crippen molar-refractivity contribution in [1.82, 2.24) is 0 Å². The summed E-state index contributed by atoms with van der Waals surface area (Å²) in [4.78, 5) is 0. The Bertz CT molecular complexity index is 315. The molecule has 0 N–H and O–H groups in total. The number of aryl methyl sites for hydroxylation is 1. The maximum absolute atomic E-state index is 2.31. The van der Waals surface area contributed by atoms with Gasteiger partial charge in [-0.05, 0) is 0 Å². The summed E-state index contributed by atoms with van der Waals surface area (Å²) in [6.07, 6.45) is 14.4. The van der Waals surface area contributed by atoms with Gasteiger partial charge in [0.05, 0.1) is 0 Å². The van der Waals surface area contributed by atoms with Crippen LogP contribution in [0.4, 0.5) is 0 Å². The zero-order valence-corrected chi connectivity index (χ0v) is 15.2. The van der Waals surface area contributed by atoms with E-state index in [2.05, 4.69) is 38.1 Å². The summed E-state index contributed by atoms with van der Waals surface area (Å²) in [6.45, 7) is 4.46. The molecule has 0 heterocycles. The number of hydrogen-bond acceptors (Lipinski definition) is 0. The van der Waals surface area contributed by atoms with Gasteiger partial charge >= 0.3 is 133 Å². The summed E-state index contributed by atoms with van der Waals surface area (Å²) in [5.74, 6) is 0. The molecule has 0 unspecified atom stereocenters. The van der Waals surface area contributed by atoms with Crippen molar-refractivity contribution in [2.24, 2.45) is 0 Å². The summed E-state index contributed by atoms with van der Waals surface area (Å²) in [5, 5.41) is 1.42. The minimum absolute atomic E-state index is 0.702. The Balaban J connectivity index is 1.84. The summed E-state index contributed by atoms with van der Waals surface area (Å²) in [5.41, 5.74) is 1.38. The molecule has 0 saturated heterocycles. The van der Waals surface area contributed by atoms with Gasteiger partial charge in [-0.25, -0.2) is 0 Å². The number of benzene rings is 1. The fourth-order valence-electron chi connectivity index (χ4n) is 2.41. The monoisotopic (exact) mass is 340 g/mol. The van der Waals surface area contributed by atoms with E-state index in [0.717, 1.165) is 0 Å². The molecule has 0 bridgehead atoms. The predicted octanol–water partition coefficient (Wildman–Crippen LogP) is 5.66. The first-order valence-electron chi connectivity index (χ1n) is 8.52. The molecule has 0 amide bonds. The zero-order valence-electron chi connectivity index (χ0n) is 13.5. The first-order valence-corrected chi connectivity index (χ1v) is 10.6. The fraction of sp³-hybridized carbons (Fsp3) is 0.684. The van der Waals surface area contributed by atoms with Gasteiger partial charge in [-0.15, -0.1) is 0 Å². The molecule has 0 atom stereocenters. The third-order valence-corrected chi connectivity index (χ3v) is 6.09. The Labute approximate surface area is 132 Å². The molecule has 0 aliphatic rings. The van der Waals surface area contributed by atoms with Crippen molar-refractivity contribution < 1.29 is 0 Å². The summed E-state index contributed by atoms with van der Waals surface area (Å²) in [7, 11) is 0. The Morgan fingerprint density at radius 3 is 1.75 bits per heavy atom. The van der Waals surface area contributed by atoms with Crippen LogP contribution in [-0.2, 0) is 0 Å². The number of hydrogen-bond donors (Lipinski definition) is 0. The molecular formula is C19H32Se. The molecule has 0 nitrogen and oxygen atoms in total. The summed E-state index contributed by atoms with van der Waals surface area (Å²) < 4.78 is 1.57. The topological polar surface area (TPSA) is 0 Å². The van der Waals surface area contributed by atoms with Crippen LogP contribution in [0, 0.1) is 6.92 Å². The van der Waals surface area contributed by atoms with Crippen LogP contribution < -0.4 is 4.46 Å². The molecular weight excluding hydrogens is 307 g/mol. The third kappa shape index (κ3) is 9.61. The van der Waals surface area contributed by atoms with Crippen molar-refractivity contribution in [3.63, 3.8) is 0 Å². The molecule has 1 aromatic rings. The van der Waals surface area contributed by atoms with E-state index < -0.39 is 0 Å². The van der Waals surface area contributed by atoms with Crippen molar-refractivity contribution in [3.05, 3.63) is 29.8 Å². The third-order valence-electron chi connectivity index (χ3n) is 3.79. The van der Waals surface area contributed by atoms with Crippen molar-refractivity contribution in [2.75, 3.05) is 0 Å². The first-order chi connectivity index (χ1) is 9.83. The molecule has 0 radical (unpaired) electrons. The molecule has 0 spiro atoms. The van der Waals surface area contributed by atoms with E-state index >= 15 is 0 Å². The van der Waals surface area contributed by atoms with Crippen LogP contribution in [0.15, 0.2) is 24.3 Å². The van der Waals surface area contributed by atoms with E-state index in [9.17, 15) is 0 Å². The minimum atomic E-state index is 0.702. The quantitative estimate of drug-likeness (QED) is 0.340. The van der Waals surface area contributed by atoms with Gasteiger partial charge in [0, 0.05) is 0 Å². The van der Waals surface area contributed by atoms with Gasteiger partial charge in [0.2, 0.25) is 0 Å². The summed E-state index contributed by atoms with van der Waals surface area (Å²) >= 11 is 0.702. The van der Waals surface area contributed by atoms with Crippen LogP contribution in [0.25, 0.3) is 0 Å². The SMILES string of the molecule is CCCCCCCCCCCC[Se]c1ccc(C)cc1. The Kier molecular flexibility index (Phi) is 11.1. The van der Waals surface area contributed by atoms with Gasteiger partial charge < -0.3 is 0 Å². The van der Waals surface area contributed by atoms with Crippen LogP contribution in [0.2, 0.25) is 5.32 Å². The second-order valence-electron chi connectivity index (χ2n) is 5.84. The van der Waals surface area contributed by atoms with Crippen molar-refractivity contribution in [2.45, 2.75) is 83.4 Å². The maximum atomic E-state index is 2.31. The van der Waals surface area contributed by atoms with Crippen LogP contribution in [0.3, 0.4) is 0 Å². The van der Waals surface area contributed by atoms with Crippen LogP contribution in [0.5, 0.6) is 0 Å². The number of unbranched alkanes of at least 4 members (excludes halogenated alkanes) is 9. The Morgan fingerprint density at radius 1 is 0.700 bits per heavy atom. The first kappa shape index (κ1) is 17.8. The normalized spacial score (nSPS) is 10.9. The molecule has 20 heavy (non-hydrogen) atoms. The summed E-state index contributed by atoms with van der Waals surface area (Å²) in [6, 6.07) is 9.11. The molecule has 0 aliphatic carbocycles. The second kappa shape index (κ2) is 12.5. The molecule has 114 valence electrons. The molecule has 0 saturated carbocycles. The van der Waals surface area contributed by atoms with Crippen LogP contribution >= 0.6 is 0 Å². The standard InChI is InChI=1S/C19H32Se/c1-3-4-5-6-7-8-9-10-11-12-17-20-19-15-13-18(2)14-16-19/h13-16H,3-12,17H2,1-2H3.